The maximum Gasteiger partial charge on any atom is 0.163 e. The highest BCUT2D eigenvalue weighted by Gasteiger charge is 2.17. The van der Waals surface area contributed by atoms with Crippen molar-refractivity contribution in [3.8, 4) is 0 Å². The minimum absolute atomic E-state index is 0.260. The first-order valence-corrected chi connectivity index (χ1v) is 8.20. The molecule has 0 amide bonds. The summed E-state index contributed by atoms with van der Waals surface area (Å²) in [7, 11) is 3.95. The molecule has 0 bridgehead atoms. The molecular weight excluding hydrogens is 300 g/mol. The molecule has 0 atom stereocenters. The number of rotatable bonds is 4. The predicted molar refractivity (Wildman–Crippen MR) is 96.2 cm³/mol. The molecule has 3 aromatic rings. The summed E-state index contributed by atoms with van der Waals surface area (Å²) in [6.07, 6.45) is 1.83. The van der Waals surface area contributed by atoms with Gasteiger partial charge in [0, 0.05) is 25.7 Å². The summed E-state index contributed by atoms with van der Waals surface area (Å²) in [5.74, 6) is 2.00. The van der Waals surface area contributed by atoms with Crippen molar-refractivity contribution in [1.29, 1.82) is 0 Å². The topological polar surface area (TPSA) is 59.7 Å². The van der Waals surface area contributed by atoms with Crippen molar-refractivity contribution in [2.75, 3.05) is 11.9 Å². The Kier molecular flexibility index (Phi) is 4.22. The van der Waals surface area contributed by atoms with Crippen LogP contribution in [0.1, 0.15) is 42.5 Å². The lowest BCUT2D eigenvalue weighted by Gasteiger charge is -2.20. The molecule has 0 N–H and O–H groups in total. The van der Waals surface area contributed by atoms with E-state index in [-0.39, 0.29) is 5.92 Å². The molecule has 0 aliphatic carbocycles. The van der Waals surface area contributed by atoms with Gasteiger partial charge in [-0.3, -0.25) is 9.67 Å². The second-order valence-corrected chi connectivity index (χ2v) is 6.70. The highest BCUT2D eigenvalue weighted by atomic mass is 15.3. The van der Waals surface area contributed by atoms with Gasteiger partial charge >= 0.3 is 0 Å². The van der Waals surface area contributed by atoms with Gasteiger partial charge in [-0.1, -0.05) is 13.8 Å². The fraction of sp³-hybridized carbons (Fsp3) is 0.444. The quantitative estimate of drug-likeness (QED) is 0.738. The summed E-state index contributed by atoms with van der Waals surface area (Å²) in [6.45, 7) is 9.02. The molecule has 0 unspecified atom stereocenters. The monoisotopic (exact) mass is 324 g/mol. The van der Waals surface area contributed by atoms with Crippen molar-refractivity contribution in [3.63, 3.8) is 0 Å². The van der Waals surface area contributed by atoms with Crippen LogP contribution in [-0.2, 0) is 13.6 Å². The fourth-order valence-electron chi connectivity index (χ4n) is 2.90. The highest BCUT2D eigenvalue weighted by Crippen LogP contribution is 2.26. The van der Waals surface area contributed by atoms with Crippen LogP contribution in [0.15, 0.2) is 18.3 Å². The maximum atomic E-state index is 4.79. The van der Waals surface area contributed by atoms with Crippen molar-refractivity contribution >= 4 is 16.9 Å². The van der Waals surface area contributed by atoms with Crippen LogP contribution in [0.3, 0.4) is 0 Å². The number of aryl methyl sites for hydroxylation is 3. The van der Waals surface area contributed by atoms with E-state index in [1.807, 2.05) is 27.2 Å². The minimum Gasteiger partial charge on any atom is -0.353 e. The Morgan fingerprint density at radius 1 is 1.12 bits per heavy atom. The first-order valence-electron chi connectivity index (χ1n) is 8.20. The molecule has 0 radical (unpaired) electrons. The van der Waals surface area contributed by atoms with E-state index in [0.717, 1.165) is 34.1 Å². The van der Waals surface area contributed by atoms with Gasteiger partial charge in [0.25, 0.3) is 0 Å². The van der Waals surface area contributed by atoms with Gasteiger partial charge in [0.2, 0.25) is 0 Å². The Morgan fingerprint density at radius 2 is 1.88 bits per heavy atom. The lowest BCUT2D eigenvalue weighted by molar-refractivity contribution is 0.745. The van der Waals surface area contributed by atoms with Gasteiger partial charge in [-0.2, -0.15) is 5.10 Å². The van der Waals surface area contributed by atoms with E-state index in [0.29, 0.717) is 6.54 Å². The summed E-state index contributed by atoms with van der Waals surface area (Å²) in [4.78, 5) is 16.2. The van der Waals surface area contributed by atoms with Crippen LogP contribution in [-0.4, -0.2) is 31.8 Å². The minimum atomic E-state index is 0.260. The molecule has 6 heteroatoms. The normalized spacial score (nSPS) is 11.5. The molecule has 6 nitrogen and oxygen atoms in total. The van der Waals surface area contributed by atoms with Gasteiger partial charge in [-0.15, -0.1) is 0 Å². The Morgan fingerprint density at radius 3 is 2.54 bits per heavy atom. The molecule has 3 aromatic heterocycles. The molecule has 0 saturated heterocycles. The molecular formula is C18H24N6. The molecule has 126 valence electrons. The van der Waals surface area contributed by atoms with Gasteiger partial charge in [0.05, 0.1) is 23.8 Å². The van der Waals surface area contributed by atoms with Crippen LogP contribution in [0, 0.1) is 13.8 Å². The highest BCUT2D eigenvalue weighted by molar-refractivity contribution is 5.86. The molecule has 24 heavy (non-hydrogen) atoms. The van der Waals surface area contributed by atoms with Crippen LogP contribution in [0.4, 0.5) is 5.82 Å². The first kappa shape index (κ1) is 16.4. The van der Waals surface area contributed by atoms with Gasteiger partial charge in [-0.05, 0) is 31.5 Å². The standard InChI is InChI=1S/C18H24N6/c1-11(2)16-21-17(15-9-19-24(6)18(15)22-16)23(5)10-14-8-12(3)7-13(4)20-14/h7-9,11H,10H2,1-6H3. The van der Waals surface area contributed by atoms with E-state index >= 15 is 0 Å². The zero-order valence-corrected chi connectivity index (χ0v) is 15.2. The smallest absolute Gasteiger partial charge is 0.163 e. The van der Waals surface area contributed by atoms with E-state index in [1.165, 1.54) is 5.56 Å². The number of hydrogen-bond donors (Lipinski definition) is 0. The SMILES string of the molecule is Cc1cc(C)nc(CN(C)c2nc(C(C)C)nc3c2cnn3C)c1. The molecule has 0 fully saturated rings. The van der Waals surface area contributed by atoms with Crippen LogP contribution in [0.25, 0.3) is 11.0 Å². The molecule has 0 aromatic carbocycles. The van der Waals surface area contributed by atoms with Crippen molar-refractivity contribution in [2.45, 2.75) is 40.2 Å². The molecule has 3 heterocycles. The Balaban J connectivity index is 2.03. The molecule has 3 rings (SSSR count). The number of aromatic nitrogens is 5. The largest absolute Gasteiger partial charge is 0.353 e. The third-order valence-corrected chi connectivity index (χ3v) is 4.02. The van der Waals surface area contributed by atoms with Gasteiger partial charge in [0.15, 0.2) is 5.65 Å². The average molecular weight is 324 g/mol. The lowest BCUT2D eigenvalue weighted by Crippen LogP contribution is -2.20. The zero-order chi connectivity index (χ0) is 17.4. The number of nitrogens with zero attached hydrogens (tertiary/aromatic N) is 6. The van der Waals surface area contributed by atoms with Gasteiger partial charge < -0.3 is 4.90 Å². The van der Waals surface area contributed by atoms with Crippen LogP contribution < -0.4 is 4.90 Å². The van der Waals surface area contributed by atoms with Crippen molar-refractivity contribution in [2.24, 2.45) is 7.05 Å². The van der Waals surface area contributed by atoms with Gasteiger partial charge in [0.1, 0.15) is 11.6 Å². The lowest BCUT2D eigenvalue weighted by atomic mass is 10.2. The molecule has 0 spiro atoms. The first-order chi connectivity index (χ1) is 11.3. The number of fused-ring (bicyclic) bond motifs is 1. The average Bonchev–Trinajstić information content (AvgIpc) is 2.86. The third-order valence-electron chi connectivity index (χ3n) is 4.02. The Hall–Kier alpha value is -2.50. The predicted octanol–water partition coefficient (Wildman–Crippen LogP) is 3.13. The maximum absolute atomic E-state index is 4.79. The second kappa shape index (κ2) is 6.19. The zero-order valence-electron chi connectivity index (χ0n) is 15.2. The third kappa shape index (κ3) is 3.09. The van der Waals surface area contributed by atoms with E-state index in [1.54, 1.807) is 4.68 Å². The Labute approximate surface area is 142 Å². The van der Waals surface area contributed by atoms with E-state index in [4.69, 9.17) is 4.98 Å². The summed E-state index contributed by atoms with van der Waals surface area (Å²) in [6, 6.07) is 4.21. The van der Waals surface area contributed by atoms with Gasteiger partial charge in [-0.25, -0.2) is 9.97 Å². The fourth-order valence-corrected chi connectivity index (χ4v) is 2.90. The molecule has 0 aliphatic rings. The summed E-state index contributed by atoms with van der Waals surface area (Å²) in [5.41, 5.74) is 4.17. The Bertz CT molecular complexity index is 860. The van der Waals surface area contributed by atoms with Crippen molar-refractivity contribution < 1.29 is 0 Å². The summed E-state index contributed by atoms with van der Waals surface area (Å²) in [5, 5.41) is 5.31. The second-order valence-electron chi connectivity index (χ2n) is 6.70. The van der Waals surface area contributed by atoms with E-state index < -0.39 is 0 Å². The van der Waals surface area contributed by atoms with Crippen molar-refractivity contribution in [1.82, 2.24) is 24.7 Å². The number of anilines is 1. The summed E-state index contributed by atoms with van der Waals surface area (Å²) < 4.78 is 1.80. The van der Waals surface area contributed by atoms with Crippen LogP contribution in [0.2, 0.25) is 0 Å². The van der Waals surface area contributed by atoms with E-state index in [2.05, 4.69) is 52.9 Å². The van der Waals surface area contributed by atoms with Crippen LogP contribution in [0.5, 0.6) is 0 Å². The van der Waals surface area contributed by atoms with Crippen LogP contribution >= 0.6 is 0 Å². The van der Waals surface area contributed by atoms with Crippen molar-refractivity contribution in [3.05, 3.63) is 41.1 Å². The summed E-state index contributed by atoms with van der Waals surface area (Å²) >= 11 is 0. The molecule has 0 aliphatic heterocycles. The number of hydrogen-bond acceptors (Lipinski definition) is 5. The number of pyridine rings is 1. The van der Waals surface area contributed by atoms with E-state index in [9.17, 15) is 0 Å². The molecule has 0 saturated carbocycles.